The number of ketones is 1. The Kier molecular flexibility index (Phi) is 6.20. The number of hydrazone groups is 1. The number of fused-ring (bicyclic) bond motifs is 1. The number of halogens is 1. The number of nitrogens with one attached hydrogen (secondary N) is 1. The largest absolute Gasteiger partial charge is 0.508 e. The molecule has 10 heteroatoms. The van der Waals surface area contributed by atoms with Crippen LogP contribution in [0.3, 0.4) is 0 Å². The zero-order valence-electron chi connectivity index (χ0n) is 17.4. The highest BCUT2D eigenvalue weighted by Gasteiger charge is 2.45. The molecule has 0 spiro atoms. The minimum absolute atomic E-state index is 0.222. The lowest BCUT2D eigenvalue weighted by molar-refractivity contribution is -0.110. The van der Waals surface area contributed by atoms with Gasteiger partial charge in [0.1, 0.15) is 29.2 Å². The number of aromatic hydroxyl groups is 2. The third kappa shape index (κ3) is 4.28. The van der Waals surface area contributed by atoms with Gasteiger partial charge in [-0.15, -0.1) is 0 Å². The molecule has 1 aliphatic rings. The smallest absolute Gasteiger partial charge is 0.339 e. The van der Waals surface area contributed by atoms with Gasteiger partial charge < -0.3 is 26.1 Å². The predicted molar refractivity (Wildman–Crippen MR) is 124 cm³/mol. The number of cyclic esters (lactones) is 1. The average molecular weight is 480 g/mol. The molecule has 3 aromatic carbocycles. The van der Waals surface area contributed by atoms with Gasteiger partial charge in [0.15, 0.2) is 5.78 Å². The number of phenols is 2. The molecule has 9 nitrogen and oxygen atoms in total. The maximum atomic E-state index is 13.6. The van der Waals surface area contributed by atoms with Crippen LogP contribution in [0.25, 0.3) is 0 Å². The molecule has 4 rings (SSSR count). The van der Waals surface area contributed by atoms with E-state index in [2.05, 4.69) is 10.4 Å². The predicted octanol–water partition coefficient (Wildman–Crippen LogP) is 3.42. The monoisotopic (exact) mass is 479 g/mol. The molecule has 0 aromatic heterocycles. The number of phenolic OH excluding ortho intramolecular Hbond substituents is 2. The highest BCUT2D eigenvalue weighted by Crippen LogP contribution is 2.39. The molecular formula is C24H18ClN3O6. The SMILES string of the molecule is NN=C(C(=O)Nc1cccc(Cl)c1)C(C(=O)c1ccc(O)cc1O)C1OC(=O)c2ccccc21. The van der Waals surface area contributed by atoms with Crippen molar-refractivity contribution >= 4 is 40.7 Å². The Bertz CT molecular complexity index is 1340. The molecule has 172 valence electrons. The number of carbonyl (C=O) groups excluding carboxylic acids is 3. The number of ether oxygens (including phenoxy) is 1. The molecule has 34 heavy (non-hydrogen) atoms. The summed E-state index contributed by atoms with van der Waals surface area (Å²) in [5.41, 5.74) is 0.251. The molecule has 0 saturated carbocycles. The van der Waals surface area contributed by atoms with Crippen LogP contribution in [-0.4, -0.2) is 33.6 Å². The Balaban J connectivity index is 1.79. The molecule has 5 N–H and O–H groups in total. The molecule has 1 amide bonds. The van der Waals surface area contributed by atoms with Crippen LogP contribution in [0, 0.1) is 5.92 Å². The van der Waals surface area contributed by atoms with Crippen LogP contribution in [0.1, 0.15) is 32.4 Å². The van der Waals surface area contributed by atoms with Gasteiger partial charge in [0, 0.05) is 22.3 Å². The number of rotatable bonds is 6. The van der Waals surface area contributed by atoms with Crippen molar-refractivity contribution in [2.24, 2.45) is 16.9 Å². The van der Waals surface area contributed by atoms with E-state index in [1.54, 1.807) is 36.4 Å². The van der Waals surface area contributed by atoms with Gasteiger partial charge in [-0.1, -0.05) is 35.9 Å². The van der Waals surface area contributed by atoms with Crippen molar-refractivity contribution in [2.75, 3.05) is 5.32 Å². The van der Waals surface area contributed by atoms with Crippen LogP contribution in [-0.2, 0) is 9.53 Å². The van der Waals surface area contributed by atoms with E-state index in [9.17, 15) is 24.6 Å². The minimum atomic E-state index is -1.51. The normalized spacial score (nSPS) is 15.9. The molecule has 2 atom stereocenters. The van der Waals surface area contributed by atoms with Crippen LogP contribution >= 0.6 is 11.6 Å². The molecular weight excluding hydrogens is 462 g/mol. The summed E-state index contributed by atoms with van der Waals surface area (Å²) < 4.78 is 5.47. The van der Waals surface area contributed by atoms with Crippen molar-refractivity contribution in [1.29, 1.82) is 0 Å². The number of nitrogens with two attached hydrogens (primary N) is 1. The number of hydrogen-bond donors (Lipinski definition) is 4. The maximum Gasteiger partial charge on any atom is 0.339 e. The number of Topliss-reactive ketones (excluding diaryl/α,β-unsaturated/α-hetero) is 1. The van der Waals surface area contributed by atoms with Gasteiger partial charge in [-0.05, 0) is 36.4 Å². The van der Waals surface area contributed by atoms with Crippen molar-refractivity contribution in [1.82, 2.24) is 0 Å². The molecule has 3 aromatic rings. The summed E-state index contributed by atoms with van der Waals surface area (Å²) in [6.45, 7) is 0. The third-order valence-corrected chi connectivity index (χ3v) is 5.54. The summed E-state index contributed by atoms with van der Waals surface area (Å²) in [4.78, 5) is 39.2. The number of benzene rings is 3. The van der Waals surface area contributed by atoms with Crippen molar-refractivity contribution in [3.63, 3.8) is 0 Å². The van der Waals surface area contributed by atoms with E-state index in [-0.39, 0.29) is 16.9 Å². The van der Waals surface area contributed by atoms with Crippen LogP contribution in [0.15, 0.2) is 71.8 Å². The van der Waals surface area contributed by atoms with E-state index in [1.165, 1.54) is 24.3 Å². The van der Waals surface area contributed by atoms with E-state index >= 15 is 0 Å². The molecule has 2 unspecified atom stereocenters. The molecule has 0 aliphatic carbocycles. The van der Waals surface area contributed by atoms with Gasteiger partial charge >= 0.3 is 5.97 Å². The summed E-state index contributed by atoms with van der Waals surface area (Å²) in [6, 6.07) is 16.1. The fourth-order valence-electron chi connectivity index (χ4n) is 3.76. The zero-order chi connectivity index (χ0) is 24.4. The number of carbonyl (C=O) groups is 3. The maximum absolute atomic E-state index is 13.6. The van der Waals surface area contributed by atoms with Gasteiger partial charge in [-0.3, -0.25) is 9.59 Å². The lowest BCUT2D eigenvalue weighted by atomic mass is 9.84. The highest BCUT2D eigenvalue weighted by atomic mass is 35.5. The molecule has 0 fully saturated rings. The average Bonchev–Trinajstić information content (AvgIpc) is 3.13. The Morgan fingerprint density at radius 3 is 2.53 bits per heavy atom. The summed E-state index contributed by atoms with van der Waals surface area (Å²) in [5, 5.41) is 26.4. The fraction of sp³-hybridized carbons (Fsp3) is 0.0833. The minimum Gasteiger partial charge on any atom is -0.508 e. The van der Waals surface area contributed by atoms with Crippen LogP contribution in [0.5, 0.6) is 11.5 Å². The summed E-state index contributed by atoms with van der Waals surface area (Å²) in [7, 11) is 0. The van der Waals surface area contributed by atoms with Crippen LogP contribution in [0.2, 0.25) is 5.02 Å². The molecule has 0 saturated heterocycles. The fourth-order valence-corrected chi connectivity index (χ4v) is 3.95. The van der Waals surface area contributed by atoms with E-state index in [0.717, 1.165) is 6.07 Å². The van der Waals surface area contributed by atoms with Gasteiger partial charge in [-0.25, -0.2) is 4.79 Å². The van der Waals surface area contributed by atoms with Gasteiger partial charge in [0.2, 0.25) is 0 Å². The molecule has 1 aliphatic heterocycles. The lowest BCUT2D eigenvalue weighted by Gasteiger charge is -2.23. The van der Waals surface area contributed by atoms with Crippen molar-refractivity contribution in [2.45, 2.75) is 6.10 Å². The second-order valence-corrected chi connectivity index (χ2v) is 7.87. The number of amides is 1. The van der Waals surface area contributed by atoms with Crippen LogP contribution < -0.4 is 11.2 Å². The number of esters is 1. The third-order valence-electron chi connectivity index (χ3n) is 5.30. The van der Waals surface area contributed by atoms with E-state index in [0.29, 0.717) is 16.3 Å². The Morgan fingerprint density at radius 1 is 1.06 bits per heavy atom. The second kappa shape index (κ2) is 9.24. The number of nitrogens with zero attached hydrogens (tertiary/aromatic N) is 1. The van der Waals surface area contributed by atoms with Crippen LogP contribution in [0.4, 0.5) is 5.69 Å². The van der Waals surface area contributed by atoms with E-state index < -0.39 is 41.1 Å². The topological polar surface area (TPSA) is 151 Å². The first-order valence-electron chi connectivity index (χ1n) is 10.0. The summed E-state index contributed by atoms with van der Waals surface area (Å²) in [6.07, 6.45) is -1.24. The quantitative estimate of drug-likeness (QED) is 0.139. The lowest BCUT2D eigenvalue weighted by Crippen LogP contribution is -2.39. The summed E-state index contributed by atoms with van der Waals surface area (Å²) >= 11 is 5.97. The van der Waals surface area contributed by atoms with Gasteiger partial charge in [-0.2, -0.15) is 5.10 Å². The first kappa shape index (κ1) is 22.8. The van der Waals surface area contributed by atoms with Gasteiger partial charge in [0.05, 0.1) is 11.1 Å². The van der Waals surface area contributed by atoms with E-state index in [1.807, 2.05) is 0 Å². The Morgan fingerprint density at radius 2 is 1.82 bits per heavy atom. The number of anilines is 1. The Labute approximate surface area is 198 Å². The first-order chi connectivity index (χ1) is 16.3. The van der Waals surface area contributed by atoms with E-state index in [4.69, 9.17) is 22.2 Å². The standard InChI is InChI=1S/C24H18ClN3O6/c25-12-4-3-5-13(10-12)27-23(32)20(28-26)19(21(31)17-9-8-14(29)11-18(17)30)22-15-6-1-2-7-16(15)24(33)34-22/h1-11,19,22,29-30H,26H2,(H,27,32). The first-order valence-corrected chi connectivity index (χ1v) is 10.4. The zero-order valence-corrected chi connectivity index (χ0v) is 18.2. The Hall–Kier alpha value is -4.37. The molecule has 0 bridgehead atoms. The molecule has 0 radical (unpaired) electrons. The van der Waals surface area contributed by atoms with Crippen molar-refractivity contribution < 1.29 is 29.3 Å². The summed E-state index contributed by atoms with van der Waals surface area (Å²) in [5.74, 6) is 0.953. The van der Waals surface area contributed by atoms with Crippen molar-refractivity contribution in [3.8, 4) is 11.5 Å². The second-order valence-electron chi connectivity index (χ2n) is 7.44. The highest BCUT2D eigenvalue weighted by molar-refractivity contribution is 6.47. The van der Waals surface area contributed by atoms with Crippen molar-refractivity contribution in [3.05, 3.63) is 88.4 Å². The number of hydrogen-bond acceptors (Lipinski definition) is 8. The van der Waals surface area contributed by atoms with Gasteiger partial charge in [0.25, 0.3) is 5.91 Å². The molecule has 1 heterocycles.